The third-order valence-electron chi connectivity index (χ3n) is 6.91. The molecule has 0 fully saturated rings. The Labute approximate surface area is 212 Å². The molecule has 0 saturated carbocycles. The summed E-state index contributed by atoms with van der Waals surface area (Å²) in [4.78, 5) is 22.9. The largest absolute Gasteiger partial charge is 0.492 e. The zero-order valence-electron chi connectivity index (χ0n) is 20.9. The number of amides is 1. The maximum atomic E-state index is 13.4. The summed E-state index contributed by atoms with van der Waals surface area (Å²) in [7, 11) is 0. The van der Waals surface area contributed by atoms with Gasteiger partial charge in [0.25, 0.3) is 0 Å². The van der Waals surface area contributed by atoms with Gasteiger partial charge in [0.1, 0.15) is 17.4 Å². The molecule has 3 heterocycles. The number of hydrogen-bond donors (Lipinski definition) is 2. The number of fused-ring (bicyclic) bond motifs is 3. The van der Waals surface area contributed by atoms with Crippen molar-refractivity contribution in [1.82, 2.24) is 14.9 Å². The molecular weight excluding hydrogens is 483 g/mol. The minimum absolute atomic E-state index is 0.0369. The second kappa shape index (κ2) is 9.24. The molecule has 2 aromatic carbocycles. The molecule has 0 aliphatic carbocycles. The first kappa shape index (κ1) is 24.9. The Morgan fingerprint density at radius 3 is 2.65 bits per heavy atom. The van der Waals surface area contributed by atoms with Crippen LogP contribution in [0.25, 0.3) is 16.5 Å². The smallest absolute Gasteiger partial charge is 0.416 e. The molecule has 1 atom stereocenters. The minimum atomic E-state index is -4.50. The number of aryl methyl sites for hydroxylation is 1. The summed E-state index contributed by atoms with van der Waals surface area (Å²) in [6, 6.07) is 5.06. The molecule has 3 N–H and O–H groups in total. The maximum Gasteiger partial charge on any atom is 0.416 e. The van der Waals surface area contributed by atoms with Gasteiger partial charge in [0.05, 0.1) is 23.7 Å². The standard InChI is InChI=1S/C27H28F3N5O2/c1-14(18-10-19(27(28,29)30)12-20(31)11-18)32-26-23-13-22(17-4-7-35(8-5-17)16(3)36)25-21(6-9-37-25)24(23)33-15(2)34-26/h4,10-14H,5-9,31H2,1-3H3,(H,32,33,34)/t14-/m1/s1. The SMILES string of the molecule is CC(=O)N1CC=C(c2cc3c(N[C@H](C)c4cc(N)cc(C(F)(F)F)c4)nc(C)nc3c3c2OCC3)CC1. The van der Waals surface area contributed by atoms with E-state index in [1.807, 2.05) is 12.1 Å². The van der Waals surface area contributed by atoms with Crippen molar-refractivity contribution in [3.8, 4) is 5.75 Å². The number of nitrogen functional groups attached to an aromatic ring is 1. The molecule has 1 aromatic heterocycles. The van der Waals surface area contributed by atoms with Crippen LogP contribution in [-0.2, 0) is 17.4 Å². The molecule has 3 aromatic rings. The zero-order valence-corrected chi connectivity index (χ0v) is 20.9. The molecule has 2 aliphatic heterocycles. The Balaban J connectivity index is 1.58. The molecule has 0 bridgehead atoms. The van der Waals surface area contributed by atoms with Crippen molar-refractivity contribution in [2.75, 3.05) is 30.7 Å². The first-order chi connectivity index (χ1) is 17.5. The summed E-state index contributed by atoms with van der Waals surface area (Å²) in [6.45, 7) is 6.81. The predicted octanol–water partition coefficient (Wildman–Crippen LogP) is 5.28. The van der Waals surface area contributed by atoms with E-state index in [4.69, 9.17) is 15.5 Å². The normalized spacial score (nSPS) is 16.3. The predicted molar refractivity (Wildman–Crippen MR) is 136 cm³/mol. The molecular formula is C27H28F3N5O2. The number of anilines is 2. The van der Waals surface area contributed by atoms with Gasteiger partial charge in [0.15, 0.2) is 0 Å². The van der Waals surface area contributed by atoms with Crippen LogP contribution >= 0.6 is 0 Å². The third-order valence-corrected chi connectivity index (χ3v) is 6.91. The second-order valence-electron chi connectivity index (χ2n) is 9.54. The van der Waals surface area contributed by atoms with Gasteiger partial charge in [-0.2, -0.15) is 13.2 Å². The third kappa shape index (κ3) is 4.80. The summed E-state index contributed by atoms with van der Waals surface area (Å²) in [5.74, 6) is 1.91. The maximum absolute atomic E-state index is 13.4. The van der Waals surface area contributed by atoms with E-state index < -0.39 is 17.8 Å². The first-order valence-corrected chi connectivity index (χ1v) is 12.2. The molecule has 0 spiro atoms. The van der Waals surface area contributed by atoms with Gasteiger partial charge in [-0.25, -0.2) is 9.97 Å². The number of halogens is 3. The number of hydrogen-bond acceptors (Lipinski definition) is 6. The topological polar surface area (TPSA) is 93.4 Å². The Morgan fingerprint density at radius 1 is 1.19 bits per heavy atom. The lowest BCUT2D eigenvalue weighted by molar-refractivity contribution is -0.137. The molecule has 0 radical (unpaired) electrons. The van der Waals surface area contributed by atoms with Crippen molar-refractivity contribution < 1.29 is 22.7 Å². The van der Waals surface area contributed by atoms with Gasteiger partial charge in [-0.1, -0.05) is 6.08 Å². The lowest BCUT2D eigenvalue weighted by Gasteiger charge is -2.26. The fraction of sp³-hybridized carbons (Fsp3) is 0.370. The van der Waals surface area contributed by atoms with E-state index in [-0.39, 0.29) is 11.6 Å². The summed E-state index contributed by atoms with van der Waals surface area (Å²) in [6.07, 6.45) is -1.06. The Bertz CT molecular complexity index is 1430. The number of nitrogens with zero attached hydrogens (tertiary/aromatic N) is 3. The van der Waals surface area contributed by atoms with Gasteiger partial charge < -0.3 is 20.7 Å². The Hall–Kier alpha value is -3.82. The van der Waals surface area contributed by atoms with E-state index in [1.165, 1.54) is 6.07 Å². The average molecular weight is 512 g/mol. The zero-order chi connectivity index (χ0) is 26.5. The molecule has 7 nitrogen and oxygen atoms in total. The molecule has 10 heteroatoms. The minimum Gasteiger partial charge on any atom is -0.492 e. The van der Waals surface area contributed by atoms with Crippen molar-refractivity contribution in [2.24, 2.45) is 0 Å². The van der Waals surface area contributed by atoms with E-state index >= 15 is 0 Å². The van der Waals surface area contributed by atoms with Crippen molar-refractivity contribution in [3.05, 3.63) is 58.4 Å². The van der Waals surface area contributed by atoms with E-state index in [9.17, 15) is 18.0 Å². The Kier molecular flexibility index (Phi) is 6.21. The van der Waals surface area contributed by atoms with Gasteiger partial charge in [0, 0.05) is 48.6 Å². The van der Waals surface area contributed by atoms with Crippen molar-refractivity contribution in [2.45, 2.75) is 45.8 Å². The first-order valence-electron chi connectivity index (χ1n) is 12.2. The van der Waals surface area contributed by atoms with E-state index in [0.717, 1.165) is 45.5 Å². The summed E-state index contributed by atoms with van der Waals surface area (Å²) in [5.41, 5.74) is 9.24. The van der Waals surface area contributed by atoms with Crippen LogP contribution in [0, 0.1) is 6.92 Å². The summed E-state index contributed by atoms with van der Waals surface area (Å²) in [5, 5.41) is 4.07. The highest BCUT2D eigenvalue weighted by Gasteiger charge is 2.32. The van der Waals surface area contributed by atoms with Crippen molar-refractivity contribution in [3.63, 3.8) is 0 Å². The molecule has 2 aliphatic rings. The van der Waals surface area contributed by atoms with Crippen LogP contribution in [-0.4, -0.2) is 40.5 Å². The van der Waals surface area contributed by atoms with Crippen LogP contribution in [0.4, 0.5) is 24.7 Å². The number of aromatic nitrogens is 2. The van der Waals surface area contributed by atoms with Crippen LogP contribution < -0.4 is 15.8 Å². The molecule has 37 heavy (non-hydrogen) atoms. The highest BCUT2D eigenvalue weighted by atomic mass is 19.4. The van der Waals surface area contributed by atoms with Gasteiger partial charge in [-0.3, -0.25) is 4.79 Å². The van der Waals surface area contributed by atoms with Gasteiger partial charge in [-0.15, -0.1) is 0 Å². The van der Waals surface area contributed by atoms with Crippen LogP contribution in [0.5, 0.6) is 5.75 Å². The number of benzene rings is 2. The van der Waals surface area contributed by atoms with Gasteiger partial charge in [0.2, 0.25) is 5.91 Å². The summed E-state index contributed by atoms with van der Waals surface area (Å²) < 4.78 is 46.2. The quantitative estimate of drug-likeness (QED) is 0.463. The summed E-state index contributed by atoms with van der Waals surface area (Å²) >= 11 is 0. The van der Waals surface area contributed by atoms with Crippen molar-refractivity contribution in [1.29, 1.82) is 0 Å². The molecule has 5 rings (SSSR count). The molecule has 194 valence electrons. The number of nitrogens with two attached hydrogens (primary N) is 1. The molecule has 0 unspecified atom stereocenters. The number of nitrogens with one attached hydrogen (secondary N) is 1. The number of carbonyl (C=O) groups is 1. The van der Waals surface area contributed by atoms with E-state index in [1.54, 1.807) is 25.7 Å². The van der Waals surface area contributed by atoms with Crippen molar-refractivity contribution >= 4 is 33.9 Å². The van der Waals surface area contributed by atoms with Crippen LogP contribution in [0.3, 0.4) is 0 Å². The lowest BCUT2D eigenvalue weighted by atomic mass is 9.93. The number of alkyl halides is 3. The molecule has 1 amide bonds. The second-order valence-corrected chi connectivity index (χ2v) is 9.54. The van der Waals surface area contributed by atoms with E-state index in [2.05, 4.69) is 10.3 Å². The fourth-order valence-corrected chi connectivity index (χ4v) is 5.01. The number of carbonyl (C=O) groups excluding carboxylic acids is 1. The monoisotopic (exact) mass is 511 g/mol. The van der Waals surface area contributed by atoms with E-state index in [0.29, 0.717) is 49.7 Å². The average Bonchev–Trinajstić information content (AvgIpc) is 3.33. The highest BCUT2D eigenvalue weighted by Crippen LogP contribution is 2.42. The molecule has 0 saturated heterocycles. The number of ether oxygens (including phenoxy) is 1. The Morgan fingerprint density at radius 2 is 1.97 bits per heavy atom. The van der Waals surface area contributed by atoms with Gasteiger partial charge in [-0.05, 0) is 55.7 Å². The number of rotatable bonds is 4. The fourth-order valence-electron chi connectivity index (χ4n) is 5.01. The van der Waals surface area contributed by atoms with Gasteiger partial charge >= 0.3 is 6.18 Å². The van der Waals surface area contributed by atoms with Crippen LogP contribution in [0.1, 0.15) is 54.4 Å². The van der Waals surface area contributed by atoms with Crippen LogP contribution in [0.2, 0.25) is 0 Å². The van der Waals surface area contributed by atoms with Crippen LogP contribution in [0.15, 0.2) is 30.3 Å². The highest BCUT2D eigenvalue weighted by molar-refractivity contribution is 5.97. The lowest BCUT2D eigenvalue weighted by Crippen LogP contribution is -2.32.